The van der Waals surface area contributed by atoms with Crippen molar-refractivity contribution in [1.29, 1.82) is 0 Å². The van der Waals surface area contributed by atoms with Gasteiger partial charge in [-0.2, -0.15) is 4.68 Å². The van der Waals surface area contributed by atoms with E-state index in [2.05, 4.69) is 47.6 Å². The summed E-state index contributed by atoms with van der Waals surface area (Å²) in [5, 5.41) is 12.6. The van der Waals surface area contributed by atoms with Crippen molar-refractivity contribution in [3.63, 3.8) is 0 Å². The van der Waals surface area contributed by atoms with E-state index < -0.39 is 5.54 Å². The lowest BCUT2D eigenvalue weighted by molar-refractivity contribution is 0.0390. The van der Waals surface area contributed by atoms with Crippen LogP contribution in [0.15, 0.2) is 18.2 Å². The highest BCUT2D eigenvalue weighted by Gasteiger charge is 2.45. The fourth-order valence-corrected chi connectivity index (χ4v) is 3.96. The molecule has 1 aromatic heterocycles. The Labute approximate surface area is 154 Å². The van der Waals surface area contributed by atoms with Crippen LogP contribution in [0.4, 0.5) is 4.79 Å². The third-order valence-corrected chi connectivity index (χ3v) is 5.20. The van der Waals surface area contributed by atoms with E-state index in [1.807, 2.05) is 6.92 Å². The van der Waals surface area contributed by atoms with Crippen molar-refractivity contribution in [2.45, 2.75) is 58.4 Å². The summed E-state index contributed by atoms with van der Waals surface area (Å²) in [4.78, 5) is 14.2. The van der Waals surface area contributed by atoms with Crippen LogP contribution in [0.5, 0.6) is 0 Å². The van der Waals surface area contributed by atoms with Crippen molar-refractivity contribution in [2.75, 3.05) is 13.7 Å². The van der Waals surface area contributed by atoms with Gasteiger partial charge in [0.2, 0.25) is 0 Å². The number of hydrogen-bond donors (Lipinski definition) is 0. The quantitative estimate of drug-likeness (QED) is 0.837. The molecular formula is C19H27N5O2. The molecule has 0 radical (unpaired) electrons. The van der Waals surface area contributed by atoms with Crippen LogP contribution in [-0.2, 0) is 10.3 Å². The normalized spacial score (nSPS) is 16.3. The highest BCUT2D eigenvalue weighted by molar-refractivity contribution is 5.68. The van der Waals surface area contributed by atoms with Gasteiger partial charge in [0.1, 0.15) is 5.54 Å². The Morgan fingerprint density at radius 3 is 2.46 bits per heavy atom. The number of carbonyl (C=O) groups excluding carboxylic acids is 1. The maximum Gasteiger partial charge on any atom is 0.410 e. The zero-order valence-electron chi connectivity index (χ0n) is 16.0. The number of carbonyl (C=O) groups is 1. The van der Waals surface area contributed by atoms with Crippen LogP contribution in [0.1, 0.15) is 56.0 Å². The van der Waals surface area contributed by atoms with Gasteiger partial charge in [0, 0.05) is 7.05 Å². The van der Waals surface area contributed by atoms with Crippen molar-refractivity contribution in [3.8, 4) is 5.69 Å². The minimum Gasteiger partial charge on any atom is -0.450 e. The number of aromatic nitrogens is 4. The number of hydrogen-bond acceptors (Lipinski definition) is 5. The topological polar surface area (TPSA) is 73.1 Å². The van der Waals surface area contributed by atoms with Crippen molar-refractivity contribution < 1.29 is 9.53 Å². The Morgan fingerprint density at radius 1 is 1.19 bits per heavy atom. The summed E-state index contributed by atoms with van der Waals surface area (Å²) in [5.41, 5.74) is 2.67. The molecule has 1 heterocycles. The number of amides is 1. The minimum atomic E-state index is -0.550. The molecule has 0 N–H and O–H groups in total. The third-order valence-electron chi connectivity index (χ3n) is 5.20. The van der Waals surface area contributed by atoms with Crippen molar-refractivity contribution in [3.05, 3.63) is 35.2 Å². The van der Waals surface area contributed by atoms with E-state index in [9.17, 15) is 4.79 Å². The van der Waals surface area contributed by atoms with Gasteiger partial charge in [-0.15, -0.1) is 5.10 Å². The first-order valence-corrected chi connectivity index (χ1v) is 9.26. The molecule has 1 aliphatic carbocycles. The highest BCUT2D eigenvalue weighted by atomic mass is 16.6. The Morgan fingerprint density at radius 2 is 1.85 bits per heavy atom. The molecule has 1 amide bonds. The predicted molar refractivity (Wildman–Crippen MR) is 98.2 cm³/mol. The standard InChI is InChI=1S/C19H27N5O2/c1-5-26-18(25)23(4)19(9-7-6-8-10-19)17-20-21-22-24(17)16-12-14(2)11-15(3)13-16/h11-13H,5-10H2,1-4H3. The monoisotopic (exact) mass is 357 g/mol. The number of benzene rings is 1. The average Bonchev–Trinajstić information content (AvgIpc) is 3.11. The van der Waals surface area contributed by atoms with Gasteiger partial charge in [-0.25, -0.2) is 4.79 Å². The Balaban J connectivity index is 2.09. The summed E-state index contributed by atoms with van der Waals surface area (Å²) in [6.07, 6.45) is 4.54. The van der Waals surface area contributed by atoms with Crippen molar-refractivity contribution in [1.82, 2.24) is 25.1 Å². The predicted octanol–water partition coefficient (Wildman–Crippen LogP) is 3.53. The van der Waals surface area contributed by atoms with E-state index in [0.717, 1.165) is 48.9 Å². The van der Waals surface area contributed by atoms with E-state index >= 15 is 0 Å². The molecule has 0 spiro atoms. The lowest BCUT2D eigenvalue weighted by Crippen LogP contribution is -2.50. The smallest absolute Gasteiger partial charge is 0.410 e. The summed E-state index contributed by atoms with van der Waals surface area (Å²) < 4.78 is 7.05. The second-order valence-electron chi connectivity index (χ2n) is 7.11. The molecule has 1 aromatic carbocycles. The van der Waals surface area contributed by atoms with E-state index in [0.29, 0.717) is 12.4 Å². The van der Waals surface area contributed by atoms with E-state index in [4.69, 9.17) is 4.74 Å². The second kappa shape index (κ2) is 7.43. The molecule has 2 aromatic rings. The third kappa shape index (κ3) is 3.30. The van der Waals surface area contributed by atoms with Gasteiger partial charge < -0.3 is 4.74 Å². The second-order valence-corrected chi connectivity index (χ2v) is 7.11. The SMILES string of the molecule is CCOC(=O)N(C)C1(c2nnnn2-c2cc(C)cc(C)c2)CCCCC1. The Kier molecular flexibility index (Phi) is 5.25. The van der Waals surface area contributed by atoms with E-state index in [1.165, 1.54) is 0 Å². The van der Waals surface area contributed by atoms with Gasteiger partial charge in [0.15, 0.2) is 5.82 Å². The average molecular weight is 357 g/mol. The van der Waals surface area contributed by atoms with Gasteiger partial charge in [0.05, 0.1) is 12.3 Å². The molecule has 3 rings (SSSR count). The van der Waals surface area contributed by atoms with Gasteiger partial charge in [0.25, 0.3) is 0 Å². The first-order valence-electron chi connectivity index (χ1n) is 9.26. The summed E-state index contributed by atoms with van der Waals surface area (Å²) in [6.45, 7) is 6.28. The molecule has 140 valence electrons. The maximum absolute atomic E-state index is 12.5. The van der Waals surface area contributed by atoms with Crippen LogP contribution in [0.2, 0.25) is 0 Å². The molecule has 0 unspecified atom stereocenters. The lowest BCUT2D eigenvalue weighted by Gasteiger charge is -2.42. The summed E-state index contributed by atoms with van der Waals surface area (Å²) >= 11 is 0. The summed E-state index contributed by atoms with van der Waals surface area (Å²) in [6, 6.07) is 6.25. The number of tetrazole rings is 1. The van der Waals surface area contributed by atoms with Crippen molar-refractivity contribution >= 4 is 6.09 Å². The lowest BCUT2D eigenvalue weighted by atomic mass is 9.79. The van der Waals surface area contributed by atoms with Crippen LogP contribution in [0, 0.1) is 13.8 Å². The van der Waals surface area contributed by atoms with Gasteiger partial charge in [-0.3, -0.25) is 4.90 Å². The van der Waals surface area contributed by atoms with Gasteiger partial charge in [-0.05, 0) is 67.3 Å². The molecule has 1 saturated carbocycles. The zero-order valence-corrected chi connectivity index (χ0v) is 16.0. The molecular weight excluding hydrogens is 330 g/mol. The fraction of sp³-hybridized carbons (Fsp3) is 0.579. The molecule has 1 fully saturated rings. The highest BCUT2D eigenvalue weighted by Crippen LogP contribution is 2.41. The summed E-state index contributed by atoms with van der Waals surface area (Å²) in [5.74, 6) is 0.706. The number of ether oxygens (including phenoxy) is 1. The van der Waals surface area contributed by atoms with Crippen LogP contribution in [0.3, 0.4) is 0 Å². The number of rotatable bonds is 4. The molecule has 26 heavy (non-hydrogen) atoms. The minimum absolute atomic E-state index is 0.329. The number of nitrogens with zero attached hydrogens (tertiary/aromatic N) is 5. The molecule has 0 bridgehead atoms. The van der Waals surface area contributed by atoms with Gasteiger partial charge >= 0.3 is 6.09 Å². The largest absolute Gasteiger partial charge is 0.450 e. The first kappa shape index (κ1) is 18.4. The maximum atomic E-state index is 12.5. The molecule has 1 aliphatic rings. The zero-order chi connectivity index (χ0) is 18.7. The number of aryl methyl sites for hydroxylation is 2. The van der Waals surface area contributed by atoms with E-state index in [1.54, 1.807) is 16.6 Å². The molecule has 0 saturated heterocycles. The summed E-state index contributed by atoms with van der Waals surface area (Å²) in [7, 11) is 1.80. The van der Waals surface area contributed by atoms with Crippen LogP contribution < -0.4 is 0 Å². The molecule has 7 nitrogen and oxygen atoms in total. The van der Waals surface area contributed by atoms with Crippen LogP contribution in [-0.4, -0.2) is 44.9 Å². The molecule has 0 aliphatic heterocycles. The van der Waals surface area contributed by atoms with Gasteiger partial charge in [-0.1, -0.05) is 25.3 Å². The molecule has 7 heteroatoms. The van der Waals surface area contributed by atoms with Crippen LogP contribution in [0.25, 0.3) is 5.69 Å². The fourth-order valence-electron chi connectivity index (χ4n) is 3.96. The van der Waals surface area contributed by atoms with E-state index in [-0.39, 0.29) is 6.09 Å². The first-order chi connectivity index (χ1) is 12.5. The Bertz CT molecular complexity index is 760. The Hall–Kier alpha value is -2.44. The van der Waals surface area contributed by atoms with Crippen LogP contribution >= 0.6 is 0 Å². The van der Waals surface area contributed by atoms with Crippen molar-refractivity contribution in [2.24, 2.45) is 0 Å². The molecule has 0 atom stereocenters.